The molecule has 0 radical (unpaired) electrons. The Morgan fingerprint density at radius 3 is 2.62 bits per heavy atom. The van der Waals surface area contributed by atoms with Crippen LogP contribution in [0.3, 0.4) is 0 Å². The van der Waals surface area contributed by atoms with Crippen LogP contribution < -0.4 is 10.5 Å². The maximum absolute atomic E-state index is 13.6. The number of aryl methyl sites for hydroxylation is 1. The molecule has 6 nitrogen and oxygen atoms in total. The van der Waals surface area contributed by atoms with Crippen LogP contribution in [0.4, 0.5) is 5.82 Å². The molecule has 1 aliphatic carbocycles. The summed E-state index contributed by atoms with van der Waals surface area (Å²) in [6, 6.07) is 4.02. The number of rotatable bonds is 3. The summed E-state index contributed by atoms with van der Waals surface area (Å²) in [5.41, 5.74) is 1.94. The van der Waals surface area contributed by atoms with E-state index in [-0.39, 0.29) is 17.5 Å². The lowest BCUT2D eigenvalue weighted by atomic mass is 9.94. The van der Waals surface area contributed by atoms with E-state index in [0.29, 0.717) is 26.3 Å². The number of hydrogen-bond donors (Lipinski definition) is 0. The maximum atomic E-state index is 13.6. The van der Waals surface area contributed by atoms with Gasteiger partial charge in [-0.1, -0.05) is 49.3 Å². The molecule has 0 spiro atoms. The van der Waals surface area contributed by atoms with E-state index in [4.69, 9.17) is 17.2 Å². The van der Waals surface area contributed by atoms with Crippen LogP contribution in [0.15, 0.2) is 28.0 Å². The largest absolute Gasteiger partial charge is 0.354 e. The number of carbonyl (C=O) groups excluding carboxylic acids is 1. The third-order valence-electron chi connectivity index (χ3n) is 6.33. The number of anilines is 1. The molecule has 1 amide bonds. The number of fused-ring (bicyclic) bond motifs is 1. The SMILES string of the molecule is Cc1ccc2nc(N3CCSCC3)c(C=C3SC(=S)N(C4CCCCC4)C3=O)c(=O)n2c1. The van der Waals surface area contributed by atoms with Crippen LogP contribution in [-0.4, -0.2) is 55.1 Å². The van der Waals surface area contributed by atoms with Gasteiger partial charge >= 0.3 is 0 Å². The van der Waals surface area contributed by atoms with Gasteiger partial charge in [-0.3, -0.25) is 18.9 Å². The Morgan fingerprint density at radius 1 is 1.12 bits per heavy atom. The number of thiocarbonyl (C=S) groups is 1. The minimum absolute atomic E-state index is 0.0687. The van der Waals surface area contributed by atoms with E-state index in [1.54, 1.807) is 15.4 Å². The highest BCUT2D eigenvalue weighted by molar-refractivity contribution is 8.26. The van der Waals surface area contributed by atoms with Crippen molar-refractivity contribution in [3.05, 3.63) is 44.7 Å². The van der Waals surface area contributed by atoms with Crippen LogP contribution in [0.1, 0.15) is 43.2 Å². The number of aromatic nitrogens is 2. The number of hydrogen-bond acceptors (Lipinski definition) is 7. The first-order valence-electron chi connectivity index (χ1n) is 11.2. The summed E-state index contributed by atoms with van der Waals surface area (Å²) in [5.74, 6) is 2.60. The van der Waals surface area contributed by atoms with Crippen LogP contribution in [0.2, 0.25) is 0 Å². The van der Waals surface area contributed by atoms with Gasteiger partial charge < -0.3 is 4.90 Å². The van der Waals surface area contributed by atoms with E-state index in [1.807, 2.05) is 37.0 Å². The molecule has 0 N–H and O–H groups in total. The standard InChI is InChI=1S/C23H26N4O2S3/c1-15-7-8-19-24-20(25-9-11-31-12-10-25)17(21(28)26(19)14-15)13-18-22(29)27(23(30)32-18)16-5-3-2-4-6-16/h7-8,13-14,16H,2-6,9-12H2,1H3. The van der Waals surface area contributed by atoms with E-state index in [1.165, 1.54) is 18.2 Å². The molecule has 2 aromatic heterocycles. The predicted molar refractivity (Wildman–Crippen MR) is 138 cm³/mol. The highest BCUT2D eigenvalue weighted by atomic mass is 32.2. The van der Waals surface area contributed by atoms with Crippen molar-refractivity contribution in [2.24, 2.45) is 0 Å². The normalized spacial score (nSPS) is 21.8. The molecule has 168 valence electrons. The average Bonchev–Trinajstić information content (AvgIpc) is 3.09. The molecule has 4 heterocycles. The molecule has 3 fully saturated rings. The smallest absolute Gasteiger partial charge is 0.267 e. The van der Waals surface area contributed by atoms with Crippen LogP contribution in [0.25, 0.3) is 11.7 Å². The van der Waals surface area contributed by atoms with Gasteiger partial charge in [-0.2, -0.15) is 11.8 Å². The molecule has 2 aromatic rings. The van der Waals surface area contributed by atoms with E-state index < -0.39 is 0 Å². The highest BCUT2D eigenvalue weighted by Crippen LogP contribution is 2.38. The van der Waals surface area contributed by atoms with E-state index in [0.717, 1.165) is 55.8 Å². The number of thioether (sulfide) groups is 2. The van der Waals surface area contributed by atoms with Crippen LogP contribution in [-0.2, 0) is 4.79 Å². The molecule has 3 aliphatic rings. The molecule has 2 aliphatic heterocycles. The highest BCUT2D eigenvalue weighted by Gasteiger charge is 2.38. The van der Waals surface area contributed by atoms with Gasteiger partial charge in [0.15, 0.2) is 0 Å². The fourth-order valence-corrected chi connectivity index (χ4v) is 6.94. The van der Waals surface area contributed by atoms with Crippen LogP contribution in [0, 0.1) is 6.92 Å². The number of pyridine rings is 1. The lowest BCUT2D eigenvalue weighted by Gasteiger charge is -2.30. The molecule has 2 saturated heterocycles. The van der Waals surface area contributed by atoms with E-state index in [9.17, 15) is 9.59 Å². The summed E-state index contributed by atoms with van der Waals surface area (Å²) in [4.78, 5) is 36.3. The predicted octanol–water partition coefficient (Wildman–Crippen LogP) is 4.09. The Hall–Kier alpha value is -1.84. The monoisotopic (exact) mass is 486 g/mol. The second-order valence-corrected chi connectivity index (χ2v) is 11.4. The number of carbonyl (C=O) groups is 1. The molecule has 0 atom stereocenters. The third-order valence-corrected chi connectivity index (χ3v) is 8.61. The topological polar surface area (TPSA) is 57.9 Å². The first kappa shape index (κ1) is 22.0. The first-order valence-corrected chi connectivity index (χ1v) is 13.5. The van der Waals surface area contributed by atoms with Crippen LogP contribution >= 0.6 is 35.7 Å². The van der Waals surface area contributed by atoms with Crippen molar-refractivity contribution in [2.45, 2.75) is 45.1 Å². The second-order valence-electron chi connectivity index (χ2n) is 8.53. The minimum atomic E-state index is -0.144. The summed E-state index contributed by atoms with van der Waals surface area (Å²) in [6.45, 7) is 3.63. The molecule has 0 bridgehead atoms. The molecule has 1 saturated carbocycles. The van der Waals surface area contributed by atoms with Gasteiger partial charge in [0.25, 0.3) is 11.5 Å². The first-order chi connectivity index (χ1) is 15.5. The fraction of sp³-hybridized carbons (Fsp3) is 0.478. The summed E-state index contributed by atoms with van der Waals surface area (Å²) in [7, 11) is 0. The zero-order chi connectivity index (χ0) is 22.2. The van der Waals surface area contributed by atoms with E-state index >= 15 is 0 Å². The zero-order valence-electron chi connectivity index (χ0n) is 18.1. The minimum Gasteiger partial charge on any atom is -0.354 e. The Kier molecular flexibility index (Phi) is 6.31. The van der Waals surface area contributed by atoms with Crippen molar-refractivity contribution in [1.29, 1.82) is 0 Å². The summed E-state index contributed by atoms with van der Waals surface area (Å²) in [6.07, 6.45) is 9.03. The Bertz CT molecular complexity index is 1160. The molecule has 0 unspecified atom stereocenters. The van der Waals surface area contributed by atoms with Gasteiger partial charge in [0.05, 0.1) is 10.5 Å². The molecule has 32 heavy (non-hydrogen) atoms. The number of amides is 1. The van der Waals surface area contributed by atoms with Gasteiger partial charge in [0.1, 0.15) is 15.8 Å². The van der Waals surface area contributed by atoms with Gasteiger partial charge in [0, 0.05) is 36.8 Å². The zero-order valence-corrected chi connectivity index (χ0v) is 20.5. The lowest BCUT2D eigenvalue weighted by molar-refractivity contribution is -0.124. The van der Waals surface area contributed by atoms with Gasteiger partial charge in [-0.25, -0.2) is 4.98 Å². The summed E-state index contributed by atoms with van der Waals surface area (Å²) < 4.78 is 2.19. The van der Waals surface area contributed by atoms with Crippen LogP contribution in [0.5, 0.6) is 0 Å². The van der Waals surface area contributed by atoms with Crippen molar-refractivity contribution in [1.82, 2.24) is 14.3 Å². The van der Waals surface area contributed by atoms with Crippen molar-refractivity contribution in [2.75, 3.05) is 29.5 Å². The molecule has 5 rings (SSSR count). The summed E-state index contributed by atoms with van der Waals surface area (Å²) in [5, 5.41) is 0. The Labute approximate surface area is 201 Å². The quantitative estimate of drug-likeness (QED) is 0.478. The fourth-order valence-electron chi connectivity index (χ4n) is 4.65. The van der Waals surface area contributed by atoms with Crippen molar-refractivity contribution in [3.8, 4) is 0 Å². The Balaban J connectivity index is 1.60. The third kappa shape index (κ3) is 4.10. The average molecular weight is 487 g/mol. The molecule has 9 heteroatoms. The maximum Gasteiger partial charge on any atom is 0.267 e. The van der Waals surface area contributed by atoms with Gasteiger partial charge in [-0.05, 0) is 37.5 Å². The molecular formula is C23H26N4O2S3. The lowest BCUT2D eigenvalue weighted by Crippen LogP contribution is -2.39. The number of nitrogens with zero attached hydrogens (tertiary/aromatic N) is 4. The van der Waals surface area contributed by atoms with E-state index in [2.05, 4.69) is 4.90 Å². The van der Waals surface area contributed by atoms with Crippen molar-refractivity contribution >= 4 is 63.5 Å². The molecule has 0 aromatic carbocycles. The van der Waals surface area contributed by atoms with Gasteiger partial charge in [0.2, 0.25) is 0 Å². The van der Waals surface area contributed by atoms with Gasteiger partial charge in [-0.15, -0.1) is 0 Å². The van der Waals surface area contributed by atoms with Crippen molar-refractivity contribution < 1.29 is 4.79 Å². The molecular weight excluding hydrogens is 460 g/mol. The Morgan fingerprint density at radius 2 is 1.88 bits per heavy atom. The summed E-state index contributed by atoms with van der Waals surface area (Å²) >= 11 is 8.81. The van der Waals surface area contributed by atoms with Crippen molar-refractivity contribution in [3.63, 3.8) is 0 Å². The second kappa shape index (κ2) is 9.19.